The molecule has 0 spiro atoms. The Kier molecular flexibility index (Phi) is 54.2. The van der Waals surface area contributed by atoms with Gasteiger partial charge in [-0.25, -0.2) is 4.57 Å². The minimum atomic E-state index is -4.39. The number of ether oxygens (including phenoxy) is 2. The van der Waals surface area contributed by atoms with Crippen molar-refractivity contribution < 1.29 is 37.6 Å². The molecule has 0 amide bonds. The maximum atomic E-state index is 12.7. The zero-order chi connectivity index (χ0) is 51.7. The van der Waals surface area contributed by atoms with Gasteiger partial charge in [-0.15, -0.1) is 0 Å². The number of nitrogens with two attached hydrogens (primary N) is 1. The van der Waals surface area contributed by atoms with E-state index in [1.165, 1.54) is 135 Å². The summed E-state index contributed by atoms with van der Waals surface area (Å²) in [5.74, 6) is -0.839. The second kappa shape index (κ2) is 56.5. The Hall–Kier alpha value is -2.81. The fourth-order valence-corrected chi connectivity index (χ4v) is 8.75. The number of hydrogen-bond acceptors (Lipinski definition) is 8. The highest BCUT2D eigenvalue weighted by atomic mass is 31.2. The van der Waals surface area contributed by atoms with Crippen LogP contribution < -0.4 is 5.73 Å². The van der Waals surface area contributed by atoms with Crippen LogP contribution in [0.1, 0.15) is 258 Å². The molecule has 410 valence electrons. The summed E-state index contributed by atoms with van der Waals surface area (Å²) in [6.45, 7) is 3.62. The van der Waals surface area contributed by atoms with Crippen LogP contribution in [0.25, 0.3) is 0 Å². The Balaban J connectivity index is 3.98. The highest BCUT2D eigenvalue weighted by molar-refractivity contribution is 7.47. The smallest absolute Gasteiger partial charge is 0.462 e. The van der Waals surface area contributed by atoms with Crippen molar-refractivity contribution in [1.29, 1.82) is 0 Å². The maximum Gasteiger partial charge on any atom is 0.472 e. The van der Waals surface area contributed by atoms with Crippen LogP contribution in [0.2, 0.25) is 0 Å². The highest BCUT2D eigenvalue weighted by Gasteiger charge is 2.26. The van der Waals surface area contributed by atoms with Crippen LogP contribution in [0.3, 0.4) is 0 Å². The number of allylic oxidation sites excluding steroid dienone is 14. The lowest BCUT2D eigenvalue weighted by Crippen LogP contribution is -2.29. The molecule has 0 radical (unpaired) electrons. The molecule has 71 heavy (non-hydrogen) atoms. The number of rotatable bonds is 54. The fourth-order valence-electron chi connectivity index (χ4n) is 7.99. The van der Waals surface area contributed by atoms with Gasteiger partial charge in [0.25, 0.3) is 0 Å². The molecule has 2 unspecified atom stereocenters. The molecule has 9 nitrogen and oxygen atoms in total. The van der Waals surface area contributed by atoms with Crippen LogP contribution in [0.15, 0.2) is 85.1 Å². The third-order valence-corrected chi connectivity index (χ3v) is 13.2. The fraction of sp³-hybridized carbons (Fsp3) is 0.738. The molecule has 10 heteroatoms. The Morgan fingerprint density at radius 1 is 0.437 bits per heavy atom. The first kappa shape index (κ1) is 68.2. The second-order valence-corrected chi connectivity index (χ2v) is 20.6. The Morgan fingerprint density at radius 3 is 1.15 bits per heavy atom. The van der Waals surface area contributed by atoms with Crippen LogP contribution >= 0.6 is 7.82 Å². The van der Waals surface area contributed by atoms with Crippen LogP contribution in [0, 0.1) is 0 Å². The van der Waals surface area contributed by atoms with Gasteiger partial charge in [-0.05, 0) is 89.9 Å². The molecule has 0 aromatic heterocycles. The Morgan fingerprint density at radius 2 is 0.775 bits per heavy atom. The quantitative estimate of drug-likeness (QED) is 0.0264. The van der Waals surface area contributed by atoms with Crippen molar-refractivity contribution in [3.63, 3.8) is 0 Å². The van der Waals surface area contributed by atoms with Crippen molar-refractivity contribution in [1.82, 2.24) is 0 Å². The SMILES string of the molecule is CC/C=C\C/C=C\C/C=C\C/C=C\CCCCCCCCCCCCCCCCCCC(=O)OC(COC(=O)CCCCCCCC/C=C\C/C=C\C/C=C\CCCCCCC)COP(=O)(O)OCCN. The van der Waals surface area contributed by atoms with E-state index in [1.807, 2.05) is 0 Å². The highest BCUT2D eigenvalue weighted by Crippen LogP contribution is 2.43. The molecule has 2 atom stereocenters. The number of phosphoric ester groups is 1. The van der Waals surface area contributed by atoms with E-state index in [0.717, 1.165) is 83.5 Å². The van der Waals surface area contributed by atoms with Crippen LogP contribution in [-0.4, -0.2) is 49.3 Å². The summed E-state index contributed by atoms with van der Waals surface area (Å²) in [4.78, 5) is 35.2. The van der Waals surface area contributed by atoms with Gasteiger partial charge in [-0.2, -0.15) is 0 Å². The summed E-state index contributed by atoms with van der Waals surface area (Å²) in [5, 5.41) is 0. The van der Waals surface area contributed by atoms with E-state index >= 15 is 0 Å². The van der Waals surface area contributed by atoms with E-state index in [1.54, 1.807) is 0 Å². The van der Waals surface area contributed by atoms with Gasteiger partial charge in [-0.1, -0.05) is 240 Å². The predicted molar refractivity (Wildman–Crippen MR) is 302 cm³/mol. The van der Waals surface area contributed by atoms with Gasteiger partial charge in [-0.3, -0.25) is 18.6 Å². The molecule has 0 heterocycles. The summed E-state index contributed by atoms with van der Waals surface area (Å²) >= 11 is 0. The first-order valence-corrected chi connectivity index (χ1v) is 30.6. The number of phosphoric acid groups is 1. The second-order valence-electron chi connectivity index (χ2n) is 19.1. The first-order valence-electron chi connectivity index (χ1n) is 29.1. The summed E-state index contributed by atoms with van der Waals surface area (Å²) in [6, 6.07) is 0. The van der Waals surface area contributed by atoms with E-state index in [4.69, 9.17) is 24.3 Å². The third-order valence-electron chi connectivity index (χ3n) is 12.3. The third kappa shape index (κ3) is 56.3. The van der Waals surface area contributed by atoms with Gasteiger partial charge in [0.15, 0.2) is 6.10 Å². The largest absolute Gasteiger partial charge is 0.472 e. The number of hydrogen-bond donors (Lipinski definition) is 2. The van der Waals surface area contributed by atoms with Crippen LogP contribution in [-0.2, 0) is 32.7 Å². The molecule has 0 aliphatic rings. The van der Waals surface area contributed by atoms with Gasteiger partial charge in [0.2, 0.25) is 0 Å². The molecule has 0 aromatic carbocycles. The first-order chi connectivity index (χ1) is 34.8. The molecule has 0 saturated carbocycles. The van der Waals surface area contributed by atoms with Crippen molar-refractivity contribution in [2.75, 3.05) is 26.4 Å². The molecule has 3 N–H and O–H groups in total. The van der Waals surface area contributed by atoms with E-state index in [0.29, 0.717) is 12.8 Å². The van der Waals surface area contributed by atoms with Crippen molar-refractivity contribution in [2.24, 2.45) is 5.73 Å². The van der Waals surface area contributed by atoms with Crippen molar-refractivity contribution in [2.45, 2.75) is 264 Å². The normalized spacial score (nSPS) is 13.7. The van der Waals surface area contributed by atoms with Gasteiger partial charge >= 0.3 is 19.8 Å². The molecule has 0 aromatic rings. The van der Waals surface area contributed by atoms with Gasteiger partial charge in [0.1, 0.15) is 6.61 Å². The summed E-state index contributed by atoms with van der Waals surface area (Å²) < 4.78 is 33.0. The van der Waals surface area contributed by atoms with Crippen LogP contribution in [0.4, 0.5) is 0 Å². The Bertz CT molecular complexity index is 1440. The van der Waals surface area contributed by atoms with Gasteiger partial charge < -0.3 is 20.1 Å². The summed E-state index contributed by atoms with van der Waals surface area (Å²) in [5.41, 5.74) is 5.38. The van der Waals surface area contributed by atoms with Crippen molar-refractivity contribution >= 4 is 19.8 Å². The number of esters is 2. The lowest BCUT2D eigenvalue weighted by Gasteiger charge is -2.19. The molecular weight excluding hydrogens is 906 g/mol. The standard InChI is InChI=1S/C61H108NO8P/c1-3-5-7-9-11-13-15-17-19-21-23-25-26-27-28-29-30-31-32-34-36-38-40-42-44-46-48-50-52-54-61(64)70-59(58-69-71(65,66)68-56-55-62)57-67-60(63)53-51-49-47-45-43-41-39-37-35-33-24-22-20-18-16-14-12-10-8-6-4-2/h5,7,11,13,16-19,22-25,35,37,59H,3-4,6,8-10,12,14-15,20-21,26-34,36,38-58,62H2,1-2H3,(H,65,66)/b7-5-,13-11-,18-16-,19-17-,24-22-,25-23-,37-35-. The summed E-state index contributed by atoms with van der Waals surface area (Å²) in [6.07, 6.45) is 73.5. The molecule has 0 rings (SSSR count). The topological polar surface area (TPSA) is 134 Å². The molecular formula is C61H108NO8P. The monoisotopic (exact) mass is 1010 g/mol. The minimum Gasteiger partial charge on any atom is -0.462 e. The molecule has 0 bridgehead atoms. The van der Waals surface area contributed by atoms with Gasteiger partial charge in [0, 0.05) is 19.4 Å². The molecule has 0 fully saturated rings. The average Bonchev–Trinajstić information content (AvgIpc) is 3.36. The van der Waals surface area contributed by atoms with Crippen LogP contribution in [0.5, 0.6) is 0 Å². The minimum absolute atomic E-state index is 0.0487. The van der Waals surface area contributed by atoms with Crippen molar-refractivity contribution in [3.05, 3.63) is 85.1 Å². The number of carbonyl (C=O) groups is 2. The maximum absolute atomic E-state index is 12.7. The number of unbranched alkanes of at least 4 members (excludes halogenated alkanes) is 27. The molecule has 0 saturated heterocycles. The summed E-state index contributed by atoms with van der Waals surface area (Å²) in [7, 11) is -4.39. The number of carbonyl (C=O) groups excluding carboxylic acids is 2. The zero-order valence-corrected chi connectivity index (χ0v) is 46.6. The van der Waals surface area contributed by atoms with E-state index in [9.17, 15) is 19.0 Å². The Labute approximate surface area is 436 Å². The van der Waals surface area contributed by atoms with Crippen molar-refractivity contribution in [3.8, 4) is 0 Å². The zero-order valence-electron chi connectivity index (χ0n) is 45.7. The molecule has 0 aliphatic carbocycles. The average molecular weight is 1010 g/mol. The van der Waals surface area contributed by atoms with E-state index in [-0.39, 0.29) is 32.6 Å². The van der Waals surface area contributed by atoms with E-state index in [2.05, 4.69) is 98.9 Å². The van der Waals surface area contributed by atoms with E-state index < -0.39 is 32.5 Å². The molecule has 0 aliphatic heterocycles. The lowest BCUT2D eigenvalue weighted by molar-refractivity contribution is -0.161. The lowest BCUT2D eigenvalue weighted by atomic mass is 10.0. The predicted octanol–water partition coefficient (Wildman–Crippen LogP) is 18.3. The van der Waals surface area contributed by atoms with Gasteiger partial charge in [0.05, 0.1) is 13.2 Å².